The smallest absolute Gasteiger partial charge is 0.237 e. The predicted octanol–water partition coefficient (Wildman–Crippen LogP) is 3.80. The summed E-state index contributed by atoms with van der Waals surface area (Å²) in [5.41, 5.74) is 0.914. The Morgan fingerprint density at radius 2 is 2.17 bits per heavy atom. The molecule has 0 aliphatic carbocycles. The second-order valence-electron chi connectivity index (χ2n) is 8.15. The van der Waals surface area contributed by atoms with Crippen molar-refractivity contribution in [1.82, 2.24) is 24.8 Å². The van der Waals surface area contributed by atoms with Crippen LogP contribution in [0.2, 0.25) is 0 Å². The van der Waals surface area contributed by atoms with Crippen LogP contribution in [0.5, 0.6) is 0 Å². The van der Waals surface area contributed by atoms with Gasteiger partial charge in [-0.1, -0.05) is 26.2 Å². The van der Waals surface area contributed by atoms with Crippen LogP contribution in [0.1, 0.15) is 70.9 Å². The van der Waals surface area contributed by atoms with Crippen molar-refractivity contribution in [2.45, 2.75) is 84.2 Å². The molecule has 3 rings (SSSR count). The summed E-state index contributed by atoms with van der Waals surface area (Å²) in [5, 5.41) is 3.19. The first-order valence-corrected chi connectivity index (χ1v) is 11.0. The Hall–Kier alpha value is -2.44. The molecule has 0 saturated carbocycles. The monoisotopic (exact) mass is 398 g/mol. The predicted molar refractivity (Wildman–Crippen MR) is 115 cm³/mol. The van der Waals surface area contributed by atoms with Crippen LogP contribution in [-0.4, -0.2) is 44.1 Å². The van der Waals surface area contributed by atoms with E-state index in [-0.39, 0.29) is 18.0 Å². The van der Waals surface area contributed by atoms with E-state index in [1.54, 1.807) is 12.5 Å². The third-order valence-electron chi connectivity index (χ3n) is 5.55. The molecular formula is C22H34N6O. The standard InChI is InChI=1S/C22H34N6O/c1-4-5-6-9-17(2)24-21(29)15-19-10-7-8-12-28(19)20-14-18(3)25-22(26-20)27-13-11-23-16-27/h11,13-14,16-17,19H,4-10,12,15H2,1-3H3,(H,24,29). The van der Waals surface area contributed by atoms with Gasteiger partial charge in [-0.25, -0.2) is 9.97 Å². The fraction of sp³-hybridized carbons (Fsp3) is 0.636. The van der Waals surface area contributed by atoms with E-state index in [9.17, 15) is 4.79 Å². The van der Waals surface area contributed by atoms with Gasteiger partial charge >= 0.3 is 0 Å². The van der Waals surface area contributed by atoms with Crippen molar-refractivity contribution in [3.8, 4) is 5.95 Å². The highest BCUT2D eigenvalue weighted by Gasteiger charge is 2.27. The lowest BCUT2D eigenvalue weighted by atomic mass is 9.98. The van der Waals surface area contributed by atoms with Crippen molar-refractivity contribution < 1.29 is 4.79 Å². The topological polar surface area (TPSA) is 75.9 Å². The van der Waals surface area contributed by atoms with E-state index in [1.165, 1.54) is 19.3 Å². The van der Waals surface area contributed by atoms with E-state index in [0.717, 1.165) is 43.7 Å². The Labute approximate surface area is 174 Å². The van der Waals surface area contributed by atoms with Gasteiger partial charge in [0.15, 0.2) is 0 Å². The summed E-state index contributed by atoms with van der Waals surface area (Å²) in [5.74, 6) is 1.66. The largest absolute Gasteiger partial charge is 0.354 e. The quantitative estimate of drug-likeness (QED) is 0.650. The van der Waals surface area contributed by atoms with Crippen molar-refractivity contribution >= 4 is 11.7 Å². The average molecular weight is 399 g/mol. The molecule has 158 valence electrons. The molecule has 1 aliphatic heterocycles. The van der Waals surface area contributed by atoms with Gasteiger partial charge in [0.1, 0.15) is 12.1 Å². The fourth-order valence-electron chi connectivity index (χ4n) is 4.01. The number of imidazole rings is 1. The van der Waals surface area contributed by atoms with Crippen LogP contribution in [0.15, 0.2) is 24.8 Å². The molecule has 2 unspecified atom stereocenters. The number of hydrogen-bond acceptors (Lipinski definition) is 5. The maximum absolute atomic E-state index is 12.7. The molecule has 29 heavy (non-hydrogen) atoms. The lowest BCUT2D eigenvalue weighted by molar-refractivity contribution is -0.122. The molecule has 2 atom stereocenters. The van der Waals surface area contributed by atoms with E-state index in [2.05, 4.69) is 34.0 Å². The Kier molecular flexibility index (Phi) is 7.61. The zero-order chi connectivity index (χ0) is 20.6. The van der Waals surface area contributed by atoms with Gasteiger partial charge in [-0.3, -0.25) is 9.36 Å². The number of carbonyl (C=O) groups excluding carboxylic acids is 1. The summed E-state index contributed by atoms with van der Waals surface area (Å²) >= 11 is 0. The number of anilines is 1. The number of unbranched alkanes of at least 4 members (excludes halogenated alkanes) is 2. The molecule has 0 bridgehead atoms. The van der Waals surface area contributed by atoms with Crippen LogP contribution < -0.4 is 10.2 Å². The van der Waals surface area contributed by atoms with Crippen LogP contribution >= 0.6 is 0 Å². The number of carbonyl (C=O) groups is 1. The Morgan fingerprint density at radius 1 is 1.31 bits per heavy atom. The highest BCUT2D eigenvalue weighted by molar-refractivity contribution is 5.77. The van der Waals surface area contributed by atoms with Gasteiger partial charge in [0.2, 0.25) is 11.9 Å². The van der Waals surface area contributed by atoms with Crippen molar-refractivity contribution in [1.29, 1.82) is 0 Å². The number of rotatable bonds is 9. The van der Waals surface area contributed by atoms with Crippen LogP contribution in [0.3, 0.4) is 0 Å². The van der Waals surface area contributed by atoms with Crippen LogP contribution in [0, 0.1) is 6.92 Å². The molecule has 1 N–H and O–H groups in total. The second kappa shape index (κ2) is 10.4. The van der Waals surface area contributed by atoms with Crippen molar-refractivity contribution in [3.63, 3.8) is 0 Å². The van der Waals surface area contributed by atoms with E-state index in [1.807, 2.05) is 23.8 Å². The van der Waals surface area contributed by atoms with Gasteiger partial charge < -0.3 is 10.2 Å². The molecule has 0 aromatic carbocycles. The minimum Gasteiger partial charge on any atom is -0.354 e. The van der Waals surface area contributed by atoms with Crippen LogP contribution in [0.4, 0.5) is 5.82 Å². The number of nitrogens with one attached hydrogen (secondary N) is 1. The molecule has 7 nitrogen and oxygen atoms in total. The molecular weight excluding hydrogens is 364 g/mol. The third-order valence-corrected chi connectivity index (χ3v) is 5.55. The summed E-state index contributed by atoms with van der Waals surface area (Å²) in [4.78, 5) is 28.4. The molecule has 0 spiro atoms. The Balaban J connectivity index is 1.67. The summed E-state index contributed by atoms with van der Waals surface area (Å²) in [7, 11) is 0. The molecule has 3 heterocycles. The minimum atomic E-state index is 0.145. The Bertz CT molecular complexity index is 776. The molecule has 1 fully saturated rings. The molecule has 1 amide bonds. The minimum absolute atomic E-state index is 0.145. The maximum Gasteiger partial charge on any atom is 0.237 e. The lowest BCUT2D eigenvalue weighted by Gasteiger charge is -2.36. The summed E-state index contributed by atoms with van der Waals surface area (Å²) in [6, 6.07) is 2.43. The van der Waals surface area contributed by atoms with E-state index < -0.39 is 0 Å². The number of aryl methyl sites for hydroxylation is 1. The molecule has 2 aromatic rings. The average Bonchev–Trinajstić information content (AvgIpc) is 3.23. The molecule has 7 heteroatoms. The fourth-order valence-corrected chi connectivity index (χ4v) is 4.01. The first-order chi connectivity index (χ1) is 14.1. The van der Waals surface area contributed by atoms with Crippen LogP contribution in [0.25, 0.3) is 5.95 Å². The van der Waals surface area contributed by atoms with Crippen molar-refractivity contribution in [2.75, 3.05) is 11.4 Å². The first-order valence-electron chi connectivity index (χ1n) is 11.0. The van der Waals surface area contributed by atoms with Gasteiger partial charge in [-0.15, -0.1) is 0 Å². The molecule has 2 aromatic heterocycles. The third kappa shape index (κ3) is 6.02. The van der Waals surface area contributed by atoms with Crippen molar-refractivity contribution in [3.05, 3.63) is 30.5 Å². The number of hydrogen-bond donors (Lipinski definition) is 1. The Morgan fingerprint density at radius 3 is 2.93 bits per heavy atom. The van der Waals surface area contributed by atoms with Gasteiger partial charge in [-0.2, -0.15) is 4.98 Å². The molecule has 1 aliphatic rings. The zero-order valence-electron chi connectivity index (χ0n) is 18.0. The zero-order valence-corrected chi connectivity index (χ0v) is 18.0. The normalized spacial score (nSPS) is 17.9. The summed E-state index contributed by atoms with van der Waals surface area (Å²) in [6.07, 6.45) is 13.7. The van der Waals surface area contributed by atoms with E-state index in [0.29, 0.717) is 12.4 Å². The molecule has 1 saturated heterocycles. The highest BCUT2D eigenvalue weighted by Crippen LogP contribution is 2.26. The van der Waals surface area contributed by atoms with E-state index in [4.69, 9.17) is 4.98 Å². The number of amides is 1. The number of piperidine rings is 1. The van der Waals surface area contributed by atoms with Gasteiger partial charge in [-0.05, 0) is 39.5 Å². The van der Waals surface area contributed by atoms with Crippen LogP contribution in [-0.2, 0) is 4.79 Å². The lowest BCUT2D eigenvalue weighted by Crippen LogP contribution is -2.44. The van der Waals surface area contributed by atoms with Gasteiger partial charge in [0, 0.05) is 49.2 Å². The van der Waals surface area contributed by atoms with Gasteiger partial charge in [0.05, 0.1) is 0 Å². The summed E-state index contributed by atoms with van der Waals surface area (Å²) < 4.78 is 1.82. The first kappa shape index (κ1) is 21.3. The van der Waals surface area contributed by atoms with E-state index >= 15 is 0 Å². The molecule has 0 radical (unpaired) electrons. The number of aromatic nitrogens is 4. The number of nitrogens with zero attached hydrogens (tertiary/aromatic N) is 5. The SMILES string of the molecule is CCCCCC(C)NC(=O)CC1CCCCN1c1cc(C)nc(-n2ccnc2)n1. The maximum atomic E-state index is 12.7. The summed E-state index contributed by atoms with van der Waals surface area (Å²) in [6.45, 7) is 7.21. The van der Waals surface area contributed by atoms with Crippen molar-refractivity contribution in [2.24, 2.45) is 0 Å². The van der Waals surface area contributed by atoms with Gasteiger partial charge in [0.25, 0.3) is 0 Å². The highest BCUT2D eigenvalue weighted by atomic mass is 16.1. The second-order valence-corrected chi connectivity index (χ2v) is 8.15.